The predicted octanol–water partition coefficient (Wildman–Crippen LogP) is 5.20. The molecular formula is C27H28AsN3O3. The number of nitrogens with one attached hydrogen (secondary N) is 2. The molecule has 1 saturated heterocycles. The minimum absolute atomic E-state index is 0.202. The monoisotopic (exact) mass is 517 g/mol. The van der Waals surface area contributed by atoms with Gasteiger partial charge >= 0.3 is 174 Å². The maximum atomic E-state index is 12.9. The van der Waals surface area contributed by atoms with Crippen LogP contribution in [-0.2, 0) is 0 Å². The van der Waals surface area contributed by atoms with Crippen LogP contribution < -0.4 is 20.0 Å². The zero-order valence-corrected chi connectivity index (χ0v) is 21.2. The summed E-state index contributed by atoms with van der Waals surface area (Å²) < 4.78 is 13.5. The molecule has 0 aliphatic carbocycles. The fourth-order valence-corrected chi connectivity index (χ4v) is 7.91. The zero-order chi connectivity index (χ0) is 23.5. The van der Waals surface area contributed by atoms with Crippen LogP contribution in [0.4, 0.5) is 5.69 Å². The van der Waals surface area contributed by atoms with Crippen LogP contribution in [0, 0.1) is 5.92 Å². The zero-order valence-electron chi connectivity index (χ0n) is 19.3. The van der Waals surface area contributed by atoms with Crippen molar-refractivity contribution in [3.05, 3.63) is 78.4 Å². The molecular weight excluding hydrogens is 489 g/mol. The van der Waals surface area contributed by atoms with Crippen LogP contribution in [-0.4, -0.2) is 38.6 Å². The van der Waals surface area contributed by atoms with E-state index in [2.05, 4.69) is 23.3 Å². The first-order valence-electron chi connectivity index (χ1n) is 11.6. The number of ether oxygens (including phenoxy) is 1. The molecule has 2 heterocycles. The fourth-order valence-electron chi connectivity index (χ4n) is 4.25. The van der Waals surface area contributed by atoms with Crippen molar-refractivity contribution in [1.82, 2.24) is 10.3 Å². The van der Waals surface area contributed by atoms with Crippen LogP contribution in [0.3, 0.4) is 0 Å². The third-order valence-electron chi connectivity index (χ3n) is 6.40. The van der Waals surface area contributed by atoms with Gasteiger partial charge in [0.15, 0.2) is 0 Å². The number of benzene rings is 3. The molecule has 7 heteroatoms. The van der Waals surface area contributed by atoms with Crippen LogP contribution in [0.15, 0.2) is 77.2 Å². The molecule has 1 aliphatic rings. The van der Waals surface area contributed by atoms with Crippen LogP contribution in [0.5, 0.6) is 11.5 Å². The first-order chi connectivity index (χ1) is 16.6. The molecule has 6 nitrogen and oxygen atoms in total. The number of aromatic nitrogens is 1. The summed E-state index contributed by atoms with van der Waals surface area (Å²) in [5.41, 5.74) is 5.09. The van der Waals surface area contributed by atoms with E-state index in [1.165, 1.54) is 6.42 Å². The van der Waals surface area contributed by atoms with E-state index >= 15 is 0 Å². The molecule has 0 saturated carbocycles. The Kier molecular flexibility index (Phi) is 6.70. The number of carbonyl (C=O) groups is 1. The SMILES string of the molecule is CC(C1CCNC1)[As](C)c1nc2cc(NC(=O)c3cccc(Oc4ccccc4)c3)ccc2o1. The Bertz CT molecular complexity index is 1280. The van der Waals surface area contributed by atoms with E-state index in [4.69, 9.17) is 14.1 Å². The van der Waals surface area contributed by atoms with E-state index in [1.54, 1.807) is 12.1 Å². The van der Waals surface area contributed by atoms with Gasteiger partial charge in [-0.05, 0) is 12.1 Å². The summed E-state index contributed by atoms with van der Waals surface area (Å²) in [4.78, 5) is 17.7. The van der Waals surface area contributed by atoms with Gasteiger partial charge in [-0.15, -0.1) is 0 Å². The molecule has 0 bridgehead atoms. The van der Waals surface area contributed by atoms with Gasteiger partial charge in [-0.25, -0.2) is 0 Å². The molecule has 2 N–H and O–H groups in total. The molecule has 34 heavy (non-hydrogen) atoms. The van der Waals surface area contributed by atoms with Crippen molar-refractivity contribution in [3.8, 4) is 11.5 Å². The molecule has 1 aromatic heterocycles. The van der Waals surface area contributed by atoms with Crippen LogP contribution in [0.25, 0.3) is 11.1 Å². The first-order valence-corrected chi connectivity index (χ1v) is 15.4. The summed E-state index contributed by atoms with van der Waals surface area (Å²) >= 11 is -1.41. The van der Waals surface area contributed by atoms with Crippen LogP contribution in [0.2, 0.25) is 10.4 Å². The molecule has 3 aromatic carbocycles. The summed E-state index contributed by atoms with van der Waals surface area (Å²) in [6.45, 7) is 4.54. The predicted molar refractivity (Wildman–Crippen MR) is 137 cm³/mol. The number of hydrogen-bond donors (Lipinski definition) is 2. The Balaban J connectivity index is 1.29. The third-order valence-corrected chi connectivity index (χ3v) is 11.5. The quantitative estimate of drug-likeness (QED) is 0.330. The van der Waals surface area contributed by atoms with E-state index in [9.17, 15) is 4.79 Å². The fraction of sp³-hybridized carbons (Fsp3) is 0.259. The van der Waals surface area contributed by atoms with Gasteiger partial charge in [0.25, 0.3) is 0 Å². The average Bonchev–Trinajstić information content (AvgIpc) is 3.54. The van der Waals surface area contributed by atoms with Crippen molar-refractivity contribution in [2.75, 3.05) is 18.4 Å². The number of rotatable bonds is 7. The molecule has 3 unspecified atom stereocenters. The van der Waals surface area contributed by atoms with Gasteiger partial charge in [0.05, 0.1) is 0 Å². The van der Waals surface area contributed by atoms with Gasteiger partial charge in [-0.3, -0.25) is 0 Å². The second-order valence-electron chi connectivity index (χ2n) is 8.68. The molecule has 4 aromatic rings. The number of amides is 1. The van der Waals surface area contributed by atoms with E-state index in [-0.39, 0.29) is 5.91 Å². The number of fused-ring (bicyclic) bond motifs is 1. The molecule has 0 spiro atoms. The van der Waals surface area contributed by atoms with Gasteiger partial charge in [0.1, 0.15) is 0 Å². The second-order valence-corrected chi connectivity index (χ2v) is 13.8. The van der Waals surface area contributed by atoms with Crippen molar-refractivity contribution in [3.63, 3.8) is 0 Å². The summed E-state index contributed by atoms with van der Waals surface area (Å²) in [6, 6.07) is 22.3. The Labute approximate surface area is 204 Å². The summed E-state index contributed by atoms with van der Waals surface area (Å²) in [5, 5.41) is 6.44. The molecule has 1 fully saturated rings. The minimum atomic E-state index is -1.41. The Morgan fingerprint density at radius 3 is 2.74 bits per heavy atom. The average molecular weight is 517 g/mol. The van der Waals surface area contributed by atoms with Gasteiger partial charge in [0.2, 0.25) is 0 Å². The van der Waals surface area contributed by atoms with E-state index in [0.717, 1.165) is 34.6 Å². The molecule has 3 atom stereocenters. The number of anilines is 1. The number of nitrogens with zero attached hydrogens (tertiary/aromatic N) is 1. The van der Waals surface area contributed by atoms with Crippen LogP contribution in [0.1, 0.15) is 23.7 Å². The summed E-state index contributed by atoms with van der Waals surface area (Å²) in [7, 11) is 0. The van der Waals surface area contributed by atoms with E-state index in [1.807, 2.05) is 60.7 Å². The molecule has 0 radical (unpaired) electrons. The second kappa shape index (κ2) is 10.0. The first kappa shape index (κ1) is 22.7. The van der Waals surface area contributed by atoms with Crippen molar-refractivity contribution < 1.29 is 13.9 Å². The number of hydrogen-bond acceptors (Lipinski definition) is 5. The standard InChI is InChI=1S/C27H28AsN3O3/c1-18(20-13-14-29-17-20)28(2)27-31-24-16-21(11-12-25(24)34-27)30-26(32)19-7-6-10-23(15-19)33-22-8-4-3-5-9-22/h3-12,15-16,18,20,29H,13-14,17H2,1-2H3,(H,30,32). The van der Waals surface area contributed by atoms with E-state index in [0.29, 0.717) is 27.6 Å². The molecule has 174 valence electrons. The molecule has 1 amide bonds. The number of carbonyl (C=O) groups excluding carboxylic acids is 1. The van der Waals surface area contributed by atoms with Crippen LogP contribution >= 0.6 is 0 Å². The Hall–Kier alpha value is -3.08. The Morgan fingerprint density at radius 2 is 1.94 bits per heavy atom. The van der Waals surface area contributed by atoms with Gasteiger partial charge < -0.3 is 0 Å². The third kappa shape index (κ3) is 5.03. The van der Waals surface area contributed by atoms with Crippen molar-refractivity contribution in [1.29, 1.82) is 0 Å². The van der Waals surface area contributed by atoms with Gasteiger partial charge in [-0.2, -0.15) is 0 Å². The maximum absolute atomic E-state index is 12.9. The summed E-state index contributed by atoms with van der Waals surface area (Å²) in [5.74, 6) is 1.84. The van der Waals surface area contributed by atoms with Crippen molar-refractivity contribution in [2.24, 2.45) is 5.92 Å². The van der Waals surface area contributed by atoms with Gasteiger partial charge in [0, 0.05) is 0 Å². The topological polar surface area (TPSA) is 76.4 Å². The van der Waals surface area contributed by atoms with Crippen molar-refractivity contribution in [2.45, 2.75) is 23.8 Å². The molecule has 1 aliphatic heterocycles. The number of oxazole rings is 1. The normalized spacial score (nSPS) is 17.4. The van der Waals surface area contributed by atoms with Gasteiger partial charge in [-0.1, -0.05) is 18.2 Å². The number of para-hydroxylation sites is 1. The Morgan fingerprint density at radius 1 is 1.12 bits per heavy atom. The van der Waals surface area contributed by atoms with E-state index < -0.39 is 14.7 Å². The van der Waals surface area contributed by atoms with Crippen molar-refractivity contribution >= 4 is 42.0 Å². The molecule has 5 rings (SSSR count). The summed E-state index contributed by atoms with van der Waals surface area (Å²) in [6.07, 6.45) is 1.23.